The summed E-state index contributed by atoms with van der Waals surface area (Å²) in [5.41, 5.74) is 16.6. The lowest BCUT2D eigenvalue weighted by Gasteiger charge is -2.18. The molecule has 4 heteroatoms. The Bertz CT molecular complexity index is 4060. The van der Waals surface area contributed by atoms with Gasteiger partial charge in [0.05, 0.1) is 22.8 Å². The van der Waals surface area contributed by atoms with E-state index in [1.807, 2.05) is 12.1 Å². The zero-order valence-corrected chi connectivity index (χ0v) is 41.3. The highest BCUT2D eigenvalue weighted by atomic mass is 14.9. The van der Waals surface area contributed by atoms with Crippen LogP contribution in [0.25, 0.3) is 144 Å². The Morgan fingerprint density at radius 1 is 0.158 bits per heavy atom. The van der Waals surface area contributed by atoms with Gasteiger partial charge in [-0.25, -0.2) is 19.9 Å². The molecule has 0 saturated carbocycles. The molecule has 0 saturated heterocycles. The molecule has 0 amide bonds. The lowest BCUT2D eigenvalue weighted by molar-refractivity contribution is 1.19. The average Bonchev–Trinajstić information content (AvgIpc) is 3.52. The average molecular weight is 967 g/mol. The van der Waals surface area contributed by atoms with Gasteiger partial charge in [-0.2, -0.15) is 0 Å². The van der Waals surface area contributed by atoms with E-state index >= 15 is 0 Å². The molecule has 0 N–H and O–H groups in total. The van der Waals surface area contributed by atoms with Crippen LogP contribution in [0.4, 0.5) is 0 Å². The molecule has 12 aromatic carbocycles. The van der Waals surface area contributed by atoms with Crippen LogP contribution in [0.5, 0.6) is 0 Å². The van der Waals surface area contributed by atoms with Crippen molar-refractivity contribution in [3.8, 4) is 101 Å². The van der Waals surface area contributed by atoms with Gasteiger partial charge in [0.15, 0.2) is 11.6 Å². The Balaban J connectivity index is 0.857. The summed E-state index contributed by atoms with van der Waals surface area (Å²) in [4.78, 5) is 21.4. The standard InChI is InChI=1S/C72H46N4/c1-5-21-49(22-6-1)63-45-65(69-59-33-17-13-29-55(59)67(51-25-9-3-10-26-51)56-30-14-18-34-60(56)69)75-71(73-63)53-41-37-47(38-42-53)48-39-43-54(44-40-48)72-74-64(50-23-7-2-8-24-50)46-66(76-72)70-61-35-19-15-31-57(61)68(52-27-11-4-12-28-52)58-32-16-20-36-62(58)70/h1-46H. The normalized spacial score (nSPS) is 11.4. The zero-order valence-electron chi connectivity index (χ0n) is 41.3. The van der Waals surface area contributed by atoms with E-state index in [1.54, 1.807) is 0 Å². The summed E-state index contributed by atoms with van der Waals surface area (Å²) in [6.45, 7) is 0. The van der Waals surface area contributed by atoms with Gasteiger partial charge in [0.2, 0.25) is 0 Å². The molecule has 0 radical (unpaired) electrons. The van der Waals surface area contributed by atoms with Crippen molar-refractivity contribution in [3.05, 3.63) is 279 Å². The van der Waals surface area contributed by atoms with Crippen molar-refractivity contribution >= 4 is 43.1 Å². The lowest BCUT2D eigenvalue weighted by Crippen LogP contribution is -1.98. The number of aromatic nitrogens is 4. The maximum absolute atomic E-state index is 5.43. The number of fused-ring (bicyclic) bond motifs is 4. The molecule has 4 nitrogen and oxygen atoms in total. The quantitative estimate of drug-likeness (QED) is 0.135. The van der Waals surface area contributed by atoms with Crippen molar-refractivity contribution in [2.45, 2.75) is 0 Å². The van der Waals surface area contributed by atoms with Gasteiger partial charge in [0, 0.05) is 33.4 Å². The van der Waals surface area contributed by atoms with Gasteiger partial charge in [0.25, 0.3) is 0 Å². The first-order valence-corrected chi connectivity index (χ1v) is 25.8. The van der Waals surface area contributed by atoms with E-state index in [4.69, 9.17) is 19.9 Å². The van der Waals surface area contributed by atoms with E-state index in [-0.39, 0.29) is 0 Å². The van der Waals surface area contributed by atoms with Crippen LogP contribution in [0.2, 0.25) is 0 Å². The zero-order chi connectivity index (χ0) is 50.4. The molecular weight excluding hydrogens is 921 g/mol. The van der Waals surface area contributed by atoms with Gasteiger partial charge in [0.1, 0.15) is 0 Å². The Hall–Kier alpha value is -10.2. The van der Waals surface area contributed by atoms with Gasteiger partial charge in [-0.15, -0.1) is 0 Å². The number of rotatable bonds is 9. The third kappa shape index (κ3) is 7.97. The fourth-order valence-electron chi connectivity index (χ4n) is 11.2. The van der Waals surface area contributed by atoms with Gasteiger partial charge >= 0.3 is 0 Å². The third-order valence-electron chi connectivity index (χ3n) is 14.7. The number of hydrogen-bond acceptors (Lipinski definition) is 4. The molecule has 0 aliphatic rings. The van der Waals surface area contributed by atoms with Crippen molar-refractivity contribution < 1.29 is 0 Å². The SMILES string of the molecule is c1ccc(-c2cc(-c3c4ccccc4c(-c4ccccc4)c4ccccc34)nc(-c3ccc(-c4ccc(-c5nc(-c6ccccc6)cc(-c6c7ccccc7c(-c7ccccc7)c7ccccc67)n5)cc4)cc3)n2)cc1. The Kier molecular flexibility index (Phi) is 11.2. The summed E-state index contributed by atoms with van der Waals surface area (Å²) in [5, 5.41) is 9.34. The maximum atomic E-state index is 5.43. The molecule has 14 aromatic rings. The molecule has 0 aliphatic carbocycles. The minimum Gasteiger partial charge on any atom is -0.228 e. The molecule has 0 fully saturated rings. The van der Waals surface area contributed by atoms with Crippen molar-refractivity contribution in [1.29, 1.82) is 0 Å². The highest BCUT2D eigenvalue weighted by Gasteiger charge is 2.22. The predicted molar refractivity (Wildman–Crippen MR) is 317 cm³/mol. The monoisotopic (exact) mass is 966 g/mol. The molecule has 0 unspecified atom stereocenters. The molecule has 14 rings (SSSR count). The van der Waals surface area contributed by atoms with Crippen LogP contribution in [-0.2, 0) is 0 Å². The highest BCUT2D eigenvalue weighted by Crippen LogP contribution is 2.46. The highest BCUT2D eigenvalue weighted by molar-refractivity contribution is 6.22. The van der Waals surface area contributed by atoms with Crippen LogP contribution < -0.4 is 0 Å². The second-order valence-corrected chi connectivity index (χ2v) is 19.2. The Morgan fingerprint density at radius 2 is 0.382 bits per heavy atom. The predicted octanol–water partition coefficient (Wildman–Crippen LogP) is 18.9. The van der Waals surface area contributed by atoms with E-state index in [2.05, 4.69) is 267 Å². The minimum atomic E-state index is 0.667. The molecule has 0 atom stereocenters. The Labute approximate surface area is 441 Å². The summed E-state index contributed by atoms with van der Waals surface area (Å²) in [7, 11) is 0. The molecule has 0 bridgehead atoms. The van der Waals surface area contributed by atoms with Crippen LogP contribution >= 0.6 is 0 Å². The van der Waals surface area contributed by atoms with Gasteiger partial charge in [-0.3, -0.25) is 0 Å². The van der Waals surface area contributed by atoms with E-state index < -0.39 is 0 Å². The summed E-state index contributed by atoms with van der Waals surface area (Å²) < 4.78 is 0. The van der Waals surface area contributed by atoms with E-state index in [0.29, 0.717) is 11.6 Å². The van der Waals surface area contributed by atoms with Crippen molar-refractivity contribution in [2.24, 2.45) is 0 Å². The first-order valence-electron chi connectivity index (χ1n) is 25.8. The smallest absolute Gasteiger partial charge is 0.160 e. The molecule has 354 valence electrons. The maximum Gasteiger partial charge on any atom is 0.160 e. The van der Waals surface area contributed by atoms with Gasteiger partial charge < -0.3 is 0 Å². The van der Waals surface area contributed by atoms with Crippen LogP contribution in [0.1, 0.15) is 0 Å². The fraction of sp³-hybridized carbons (Fsp3) is 0. The fourth-order valence-corrected chi connectivity index (χ4v) is 11.2. The second kappa shape index (κ2) is 19.0. The Morgan fingerprint density at radius 3 is 0.671 bits per heavy atom. The summed E-state index contributed by atoms with van der Waals surface area (Å²) in [6.07, 6.45) is 0. The molecule has 2 aromatic heterocycles. The third-order valence-corrected chi connectivity index (χ3v) is 14.7. The second-order valence-electron chi connectivity index (χ2n) is 19.2. The molecule has 0 spiro atoms. The molecule has 76 heavy (non-hydrogen) atoms. The summed E-state index contributed by atoms with van der Waals surface area (Å²) >= 11 is 0. The van der Waals surface area contributed by atoms with Crippen molar-refractivity contribution in [2.75, 3.05) is 0 Å². The van der Waals surface area contributed by atoms with Crippen LogP contribution in [0, 0.1) is 0 Å². The first-order chi connectivity index (χ1) is 37.7. The summed E-state index contributed by atoms with van der Waals surface area (Å²) in [5.74, 6) is 1.33. The minimum absolute atomic E-state index is 0.667. The molecule has 2 heterocycles. The van der Waals surface area contributed by atoms with Crippen molar-refractivity contribution in [1.82, 2.24) is 19.9 Å². The van der Waals surface area contributed by atoms with Crippen LogP contribution in [0.15, 0.2) is 279 Å². The number of nitrogens with zero attached hydrogens (tertiary/aromatic N) is 4. The molecule has 0 aliphatic heterocycles. The van der Waals surface area contributed by atoms with Crippen molar-refractivity contribution in [3.63, 3.8) is 0 Å². The molecular formula is C72H46N4. The number of hydrogen-bond donors (Lipinski definition) is 0. The lowest BCUT2D eigenvalue weighted by atomic mass is 9.87. The van der Waals surface area contributed by atoms with Crippen LogP contribution in [-0.4, -0.2) is 19.9 Å². The largest absolute Gasteiger partial charge is 0.228 e. The summed E-state index contributed by atoms with van der Waals surface area (Å²) in [6, 6.07) is 98.7. The topological polar surface area (TPSA) is 51.6 Å². The van der Waals surface area contributed by atoms with Crippen LogP contribution in [0.3, 0.4) is 0 Å². The van der Waals surface area contributed by atoms with E-state index in [1.165, 1.54) is 43.8 Å². The van der Waals surface area contributed by atoms with Gasteiger partial charge in [-0.05, 0) is 88.6 Å². The van der Waals surface area contributed by atoms with Gasteiger partial charge in [-0.1, -0.05) is 267 Å². The van der Waals surface area contributed by atoms with E-state index in [0.717, 1.165) is 88.8 Å². The number of benzene rings is 12. The van der Waals surface area contributed by atoms with E-state index in [9.17, 15) is 0 Å². The first kappa shape index (κ1) is 44.5.